The lowest BCUT2D eigenvalue weighted by Crippen LogP contribution is -2.48. The largest absolute Gasteiger partial charge is 0.351 e. The van der Waals surface area contributed by atoms with E-state index in [-0.39, 0.29) is 11.9 Å². The molecule has 0 aliphatic carbocycles. The number of carbonyl (C=O) groups is 2. The van der Waals surface area contributed by atoms with Crippen LogP contribution >= 0.6 is 15.9 Å². The normalized spacial score (nSPS) is 15.6. The lowest BCUT2D eigenvalue weighted by molar-refractivity contribution is 0.0918. The number of hydrogen-bond acceptors (Lipinski definition) is 4. The number of aromatic nitrogens is 2. The Morgan fingerprint density at radius 3 is 2.61 bits per heavy atom. The van der Waals surface area contributed by atoms with Gasteiger partial charge in [0.25, 0.3) is 5.91 Å². The van der Waals surface area contributed by atoms with Gasteiger partial charge in [-0.05, 0) is 40.9 Å². The standard InChI is InChI=1S/C15H16BrN5O2/c16-11-6-9-5-10(7-18-13(9)19-8-11)14(22)20-12-1-3-21(4-2-12)15(17)23/h5-8,12H,1-4H2,(H2,17,23)(H,20,22). The van der Waals surface area contributed by atoms with E-state index < -0.39 is 6.03 Å². The van der Waals surface area contributed by atoms with E-state index in [1.54, 1.807) is 17.2 Å². The van der Waals surface area contributed by atoms with Crippen molar-refractivity contribution in [2.24, 2.45) is 5.73 Å². The number of pyridine rings is 2. The first-order valence-electron chi connectivity index (χ1n) is 7.29. The number of hydrogen-bond donors (Lipinski definition) is 2. The third kappa shape index (κ3) is 3.58. The predicted molar refractivity (Wildman–Crippen MR) is 88.9 cm³/mol. The molecule has 23 heavy (non-hydrogen) atoms. The third-order valence-corrected chi connectivity index (χ3v) is 4.34. The molecule has 7 nitrogen and oxygen atoms in total. The van der Waals surface area contributed by atoms with Crippen LogP contribution in [0.2, 0.25) is 0 Å². The summed E-state index contributed by atoms with van der Waals surface area (Å²) in [6.07, 6.45) is 4.59. The molecule has 3 rings (SSSR count). The van der Waals surface area contributed by atoms with E-state index in [1.807, 2.05) is 6.07 Å². The first-order chi connectivity index (χ1) is 11.0. The van der Waals surface area contributed by atoms with Gasteiger partial charge in [0.2, 0.25) is 0 Å². The van der Waals surface area contributed by atoms with Gasteiger partial charge in [-0.3, -0.25) is 4.79 Å². The minimum Gasteiger partial charge on any atom is -0.351 e. The molecule has 0 radical (unpaired) electrons. The van der Waals surface area contributed by atoms with Gasteiger partial charge in [0.15, 0.2) is 5.65 Å². The molecule has 0 atom stereocenters. The second kappa shape index (κ2) is 6.49. The lowest BCUT2D eigenvalue weighted by atomic mass is 10.0. The minimum atomic E-state index is -0.411. The number of primary amides is 1. The Balaban J connectivity index is 1.68. The molecule has 3 amide bonds. The summed E-state index contributed by atoms with van der Waals surface area (Å²) in [6, 6.07) is 3.27. The molecule has 2 aromatic rings. The van der Waals surface area contributed by atoms with Crippen molar-refractivity contribution in [3.8, 4) is 0 Å². The van der Waals surface area contributed by atoms with Gasteiger partial charge in [-0.2, -0.15) is 0 Å². The minimum absolute atomic E-state index is 0.0365. The fourth-order valence-electron chi connectivity index (χ4n) is 2.63. The van der Waals surface area contributed by atoms with Gasteiger partial charge < -0.3 is 16.0 Å². The number of piperidine rings is 1. The second-order valence-corrected chi connectivity index (χ2v) is 6.41. The zero-order valence-electron chi connectivity index (χ0n) is 12.3. The Bertz CT molecular complexity index is 759. The maximum absolute atomic E-state index is 12.4. The smallest absolute Gasteiger partial charge is 0.314 e. The van der Waals surface area contributed by atoms with Gasteiger partial charge in [-0.25, -0.2) is 14.8 Å². The Hall–Kier alpha value is -2.22. The number of nitrogens with one attached hydrogen (secondary N) is 1. The number of likely N-dealkylation sites (tertiary alicyclic amines) is 1. The molecule has 3 heterocycles. The number of nitrogens with two attached hydrogens (primary N) is 1. The van der Waals surface area contributed by atoms with E-state index in [1.165, 1.54) is 6.20 Å². The SMILES string of the molecule is NC(=O)N1CCC(NC(=O)c2cnc3ncc(Br)cc3c2)CC1. The van der Waals surface area contributed by atoms with Crippen molar-refractivity contribution < 1.29 is 9.59 Å². The Labute approximate surface area is 141 Å². The van der Waals surface area contributed by atoms with Crippen molar-refractivity contribution in [3.63, 3.8) is 0 Å². The van der Waals surface area contributed by atoms with Crippen LogP contribution < -0.4 is 11.1 Å². The number of rotatable bonds is 2. The molecule has 3 N–H and O–H groups in total. The average Bonchev–Trinajstić information content (AvgIpc) is 2.54. The van der Waals surface area contributed by atoms with E-state index in [4.69, 9.17) is 5.73 Å². The Morgan fingerprint density at radius 2 is 1.91 bits per heavy atom. The van der Waals surface area contributed by atoms with Crippen LogP contribution in [0.25, 0.3) is 11.0 Å². The maximum Gasteiger partial charge on any atom is 0.314 e. The molecule has 0 unspecified atom stereocenters. The van der Waals surface area contributed by atoms with Crippen molar-refractivity contribution in [3.05, 3.63) is 34.6 Å². The highest BCUT2D eigenvalue weighted by Gasteiger charge is 2.23. The molecule has 1 aliphatic heterocycles. The molecule has 0 saturated carbocycles. The summed E-state index contributed by atoms with van der Waals surface area (Å²) in [5, 5.41) is 3.79. The van der Waals surface area contributed by atoms with Gasteiger partial charge in [0.1, 0.15) is 0 Å². The van der Waals surface area contributed by atoms with Crippen LogP contribution in [0, 0.1) is 0 Å². The number of carbonyl (C=O) groups excluding carboxylic acids is 2. The van der Waals surface area contributed by atoms with Crippen LogP contribution in [0.3, 0.4) is 0 Å². The number of fused-ring (bicyclic) bond motifs is 1. The summed E-state index contributed by atoms with van der Waals surface area (Å²) < 4.78 is 0.836. The van der Waals surface area contributed by atoms with Crippen LogP contribution in [-0.2, 0) is 0 Å². The summed E-state index contributed by atoms with van der Waals surface area (Å²) >= 11 is 3.36. The summed E-state index contributed by atoms with van der Waals surface area (Å²) in [5.41, 5.74) is 6.34. The van der Waals surface area contributed by atoms with Crippen LogP contribution in [0.15, 0.2) is 29.0 Å². The average molecular weight is 378 g/mol. The molecule has 1 saturated heterocycles. The molecule has 2 aromatic heterocycles. The van der Waals surface area contributed by atoms with Crippen LogP contribution in [-0.4, -0.2) is 45.9 Å². The van der Waals surface area contributed by atoms with E-state index in [9.17, 15) is 9.59 Å². The van der Waals surface area contributed by atoms with E-state index >= 15 is 0 Å². The first-order valence-corrected chi connectivity index (χ1v) is 8.09. The maximum atomic E-state index is 12.4. The molecule has 0 bridgehead atoms. The molecular formula is C15H16BrN5O2. The molecule has 1 aliphatic rings. The van der Waals surface area contributed by atoms with E-state index in [0.29, 0.717) is 37.1 Å². The topological polar surface area (TPSA) is 101 Å². The van der Waals surface area contributed by atoms with Crippen LogP contribution in [0.5, 0.6) is 0 Å². The summed E-state index contributed by atoms with van der Waals surface area (Å²) in [7, 11) is 0. The van der Waals surface area contributed by atoms with Gasteiger partial charge in [0.05, 0.1) is 5.56 Å². The highest BCUT2D eigenvalue weighted by molar-refractivity contribution is 9.10. The first kappa shape index (κ1) is 15.7. The van der Waals surface area contributed by atoms with Crippen molar-refractivity contribution in [1.29, 1.82) is 0 Å². The third-order valence-electron chi connectivity index (χ3n) is 3.90. The predicted octanol–water partition coefficient (Wildman–Crippen LogP) is 1.67. The van der Waals surface area contributed by atoms with E-state index in [0.717, 1.165) is 9.86 Å². The molecule has 8 heteroatoms. The molecule has 0 aromatic carbocycles. The van der Waals surface area contributed by atoms with Gasteiger partial charge in [-0.1, -0.05) is 0 Å². The monoisotopic (exact) mass is 377 g/mol. The summed E-state index contributed by atoms with van der Waals surface area (Å²) in [6.45, 7) is 1.13. The second-order valence-electron chi connectivity index (χ2n) is 5.50. The number of urea groups is 1. The lowest BCUT2D eigenvalue weighted by Gasteiger charge is -2.31. The van der Waals surface area contributed by atoms with Crippen molar-refractivity contribution >= 4 is 38.9 Å². The van der Waals surface area contributed by atoms with Crippen molar-refractivity contribution in [2.45, 2.75) is 18.9 Å². The van der Waals surface area contributed by atoms with Gasteiger partial charge in [-0.15, -0.1) is 0 Å². The summed E-state index contributed by atoms with van der Waals surface area (Å²) in [4.78, 5) is 33.4. The van der Waals surface area contributed by atoms with Crippen molar-refractivity contribution in [1.82, 2.24) is 20.2 Å². The fraction of sp³-hybridized carbons (Fsp3) is 0.333. The zero-order valence-corrected chi connectivity index (χ0v) is 13.9. The van der Waals surface area contributed by atoms with Crippen molar-refractivity contribution in [2.75, 3.05) is 13.1 Å². The highest BCUT2D eigenvalue weighted by Crippen LogP contribution is 2.17. The Kier molecular flexibility index (Phi) is 4.42. The quantitative estimate of drug-likeness (QED) is 0.830. The van der Waals surface area contributed by atoms with Crippen LogP contribution in [0.1, 0.15) is 23.2 Å². The molecule has 1 fully saturated rings. The fourth-order valence-corrected chi connectivity index (χ4v) is 2.98. The molecular weight excluding hydrogens is 362 g/mol. The Morgan fingerprint density at radius 1 is 1.22 bits per heavy atom. The van der Waals surface area contributed by atoms with E-state index in [2.05, 4.69) is 31.2 Å². The number of halogens is 1. The van der Waals surface area contributed by atoms with Gasteiger partial charge in [0, 0.05) is 41.4 Å². The molecule has 120 valence electrons. The molecule has 0 spiro atoms. The number of nitrogens with zero attached hydrogens (tertiary/aromatic N) is 3. The van der Waals surface area contributed by atoms with Crippen LogP contribution in [0.4, 0.5) is 4.79 Å². The van der Waals surface area contributed by atoms with Gasteiger partial charge >= 0.3 is 6.03 Å². The highest BCUT2D eigenvalue weighted by atomic mass is 79.9. The number of amides is 3. The summed E-state index contributed by atoms with van der Waals surface area (Å²) in [5.74, 6) is -0.170. The zero-order chi connectivity index (χ0) is 16.4.